The first-order valence-corrected chi connectivity index (χ1v) is 6.98. The van der Waals surface area contributed by atoms with E-state index in [-0.39, 0.29) is 12.2 Å². The standard InChI is InChI=1S/C13H18F2N2O2.C2HF3O2/c1-12(2,16)11(18)19-7-13(3,17)8-4-9(14)6-10(15)5-8;3-2(4,5)1(6)7/h4-6H,7,16-17H2,1-3H3;(H,6,7). The highest BCUT2D eigenvalue weighted by Crippen LogP contribution is 2.21. The Balaban J connectivity index is 0.000000758. The molecule has 1 unspecified atom stereocenters. The number of hydrogen-bond acceptors (Lipinski definition) is 5. The minimum Gasteiger partial charge on any atom is -0.475 e. The number of carbonyl (C=O) groups is 2. The Morgan fingerprint density at radius 2 is 1.42 bits per heavy atom. The van der Waals surface area contributed by atoms with Crippen molar-refractivity contribution in [3.63, 3.8) is 0 Å². The van der Waals surface area contributed by atoms with Crippen LogP contribution in [0, 0.1) is 11.6 Å². The summed E-state index contributed by atoms with van der Waals surface area (Å²) in [4.78, 5) is 20.4. The van der Waals surface area contributed by atoms with Crippen molar-refractivity contribution in [3.05, 3.63) is 35.4 Å². The molecule has 26 heavy (non-hydrogen) atoms. The zero-order valence-corrected chi connectivity index (χ0v) is 14.2. The SMILES string of the molecule is CC(C)(N)C(=O)OCC(C)(N)c1cc(F)cc(F)c1.O=C(O)C(F)(F)F. The van der Waals surface area contributed by atoms with Crippen LogP contribution in [0.3, 0.4) is 0 Å². The number of esters is 1. The molecule has 0 heterocycles. The Labute approximate surface area is 145 Å². The van der Waals surface area contributed by atoms with Crippen LogP contribution in [-0.2, 0) is 19.9 Å². The van der Waals surface area contributed by atoms with Crippen molar-refractivity contribution < 1.29 is 41.4 Å². The van der Waals surface area contributed by atoms with Crippen molar-refractivity contribution >= 4 is 11.9 Å². The van der Waals surface area contributed by atoms with Gasteiger partial charge in [0, 0.05) is 6.07 Å². The maximum Gasteiger partial charge on any atom is 0.490 e. The summed E-state index contributed by atoms with van der Waals surface area (Å²) in [5, 5.41) is 7.12. The Morgan fingerprint density at radius 3 is 1.73 bits per heavy atom. The van der Waals surface area contributed by atoms with Gasteiger partial charge >= 0.3 is 18.1 Å². The number of carboxylic acids is 1. The second-order valence-electron chi connectivity index (χ2n) is 6.18. The molecule has 1 rings (SSSR count). The van der Waals surface area contributed by atoms with E-state index in [1.54, 1.807) is 0 Å². The summed E-state index contributed by atoms with van der Waals surface area (Å²) in [7, 11) is 0. The van der Waals surface area contributed by atoms with Gasteiger partial charge < -0.3 is 21.3 Å². The molecular weight excluding hydrogens is 367 g/mol. The zero-order chi connectivity index (χ0) is 20.9. The second kappa shape index (κ2) is 8.41. The van der Waals surface area contributed by atoms with Gasteiger partial charge in [-0.25, -0.2) is 13.6 Å². The molecule has 0 saturated carbocycles. The summed E-state index contributed by atoms with van der Waals surface area (Å²) in [6, 6.07) is 2.95. The Hall–Kier alpha value is -2.27. The summed E-state index contributed by atoms with van der Waals surface area (Å²) >= 11 is 0. The third-order valence-electron chi connectivity index (χ3n) is 2.79. The van der Waals surface area contributed by atoms with Crippen molar-refractivity contribution in [2.24, 2.45) is 11.5 Å². The van der Waals surface area contributed by atoms with Crippen molar-refractivity contribution in [2.75, 3.05) is 6.61 Å². The number of benzene rings is 1. The average molecular weight is 386 g/mol. The van der Waals surface area contributed by atoms with Crippen LogP contribution in [0.5, 0.6) is 0 Å². The van der Waals surface area contributed by atoms with Crippen molar-refractivity contribution in [3.8, 4) is 0 Å². The van der Waals surface area contributed by atoms with Crippen LogP contribution in [-0.4, -0.2) is 35.4 Å². The summed E-state index contributed by atoms with van der Waals surface area (Å²) in [6.45, 7) is 4.27. The molecule has 148 valence electrons. The quantitative estimate of drug-likeness (QED) is 0.539. The molecule has 11 heteroatoms. The minimum atomic E-state index is -5.08. The summed E-state index contributed by atoms with van der Waals surface area (Å²) in [6.07, 6.45) is -5.08. The van der Waals surface area contributed by atoms with Gasteiger partial charge in [0.15, 0.2) is 0 Å². The smallest absolute Gasteiger partial charge is 0.475 e. The third-order valence-corrected chi connectivity index (χ3v) is 2.79. The van der Waals surface area contributed by atoms with E-state index >= 15 is 0 Å². The molecule has 1 atom stereocenters. The van der Waals surface area contributed by atoms with Crippen molar-refractivity contribution in [1.29, 1.82) is 0 Å². The van der Waals surface area contributed by atoms with Gasteiger partial charge in [-0.2, -0.15) is 13.2 Å². The number of aliphatic carboxylic acids is 1. The fraction of sp³-hybridized carbons (Fsp3) is 0.467. The van der Waals surface area contributed by atoms with Gasteiger partial charge in [-0.3, -0.25) is 4.79 Å². The van der Waals surface area contributed by atoms with Gasteiger partial charge in [0.25, 0.3) is 0 Å². The average Bonchev–Trinajstić information content (AvgIpc) is 2.42. The van der Waals surface area contributed by atoms with Gasteiger partial charge in [0.05, 0.1) is 5.54 Å². The molecule has 0 aromatic heterocycles. The maximum atomic E-state index is 13.1. The number of rotatable bonds is 4. The summed E-state index contributed by atoms with van der Waals surface area (Å²) < 4.78 is 63.0. The van der Waals surface area contributed by atoms with Crippen LogP contribution >= 0.6 is 0 Å². The van der Waals surface area contributed by atoms with Crippen molar-refractivity contribution in [1.82, 2.24) is 0 Å². The molecule has 1 aromatic carbocycles. The number of ether oxygens (including phenoxy) is 1. The highest BCUT2D eigenvalue weighted by Gasteiger charge is 2.38. The molecular formula is C15H19F5N2O4. The lowest BCUT2D eigenvalue weighted by atomic mass is 9.94. The predicted molar refractivity (Wildman–Crippen MR) is 80.8 cm³/mol. The number of alkyl halides is 3. The Morgan fingerprint density at radius 1 is 1.04 bits per heavy atom. The number of halogens is 5. The molecule has 1 aromatic rings. The topological polar surface area (TPSA) is 116 Å². The van der Waals surface area contributed by atoms with E-state index in [0.717, 1.165) is 18.2 Å². The molecule has 5 N–H and O–H groups in total. The van der Waals surface area contributed by atoms with Crippen LogP contribution in [0.4, 0.5) is 22.0 Å². The van der Waals surface area contributed by atoms with Crippen LogP contribution in [0.15, 0.2) is 18.2 Å². The van der Waals surface area contributed by atoms with E-state index in [9.17, 15) is 26.7 Å². The van der Waals surface area contributed by atoms with Crippen LogP contribution in [0.25, 0.3) is 0 Å². The Kier molecular flexibility index (Phi) is 7.67. The highest BCUT2D eigenvalue weighted by atomic mass is 19.4. The Bertz CT molecular complexity index is 634. The molecule has 0 bridgehead atoms. The minimum absolute atomic E-state index is 0.202. The van der Waals surface area contributed by atoms with Crippen LogP contribution < -0.4 is 11.5 Å². The first-order chi connectivity index (χ1) is 11.5. The lowest BCUT2D eigenvalue weighted by Crippen LogP contribution is -2.46. The van der Waals surface area contributed by atoms with E-state index < -0.39 is 40.8 Å². The molecule has 0 aliphatic rings. The van der Waals surface area contributed by atoms with Gasteiger partial charge in [-0.15, -0.1) is 0 Å². The van der Waals surface area contributed by atoms with Crippen LogP contribution in [0.1, 0.15) is 26.3 Å². The third kappa shape index (κ3) is 8.21. The molecule has 0 spiro atoms. The van der Waals surface area contributed by atoms with Gasteiger partial charge in [-0.05, 0) is 38.5 Å². The summed E-state index contributed by atoms with van der Waals surface area (Å²) in [5.41, 5.74) is 9.32. The zero-order valence-electron chi connectivity index (χ0n) is 14.2. The number of nitrogens with two attached hydrogens (primary N) is 2. The summed E-state index contributed by atoms with van der Waals surface area (Å²) in [5.74, 6) is -4.87. The van der Waals surface area contributed by atoms with Gasteiger partial charge in [0.2, 0.25) is 0 Å². The van der Waals surface area contributed by atoms with E-state index in [1.165, 1.54) is 20.8 Å². The fourth-order valence-electron chi connectivity index (χ4n) is 1.37. The van der Waals surface area contributed by atoms with E-state index in [0.29, 0.717) is 0 Å². The van der Waals surface area contributed by atoms with Crippen molar-refractivity contribution in [2.45, 2.75) is 38.0 Å². The molecule has 0 amide bonds. The molecule has 0 aliphatic heterocycles. The largest absolute Gasteiger partial charge is 0.490 e. The van der Waals surface area contributed by atoms with Crippen LogP contribution in [0.2, 0.25) is 0 Å². The first kappa shape index (κ1) is 23.7. The van der Waals surface area contributed by atoms with E-state index in [1.807, 2.05) is 0 Å². The molecule has 0 saturated heterocycles. The number of carboxylic acid groups (broad SMARTS) is 1. The first-order valence-electron chi connectivity index (χ1n) is 6.98. The van der Waals surface area contributed by atoms with E-state index in [2.05, 4.69) is 0 Å². The monoisotopic (exact) mass is 386 g/mol. The highest BCUT2D eigenvalue weighted by molar-refractivity contribution is 5.79. The lowest BCUT2D eigenvalue weighted by Gasteiger charge is -2.27. The predicted octanol–water partition coefficient (Wildman–Crippen LogP) is 2.05. The molecule has 0 fully saturated rings. The normalized spacial score (nSPS) is 13.9. The number of carbonyl (C=O) groups excluding carboxylic acids is 1. The lowest BCUT2D eigenvalue weighted by molar-refractivity contribution is -0.192. The maximum absolute atomic E-state index is 13.1. The molecule has 0 aliphatic carbocycles. The van der Waals surface area contributed by atoms with Gasteiger partial charge in [0.1, 0.15) is 23.8 Å². The fourth-order valence-corrected chi connectivity index (χ4v) is 1.37. The van der Waals surface area contributed by atoms with Gasteiger partial charge in [-0.1, -0.05) is 0 Å². The number of hydrogen-bond donors (Lipinski definition) is 3. The molecule has 6 nitrogen and oxygen atoms in total. The van der Waals surface area contributed by atoms with E-state index in [4.69, 9.17) is 26.1 Å². The second-order valence-corrected chi connectivity index (χ2v) is 6.18. The molecule has 0 radical (unpaired) electrons.